The van der Waals surface area contributed by atoms with E-state index in [2.05, 4.69) is 10.3 Å². The van der Waals surface area contributed by atoms with Crippen molar-refractivity contribution in [1.29, 1.82) is 0 Å². The number of nitrogens with zero attached hydrogens (tertiary/aromatic N) is 2. The third-order valence-electron chi connectivity index (χ3n) is 2.25. The fourth-order valence-corrected chi connectivity index (χ4v) is 2.94. The first-order valence-electron chi connectivity index (χ1n) is 5.65. The third-order valence-corrected chi connectivity index (χ3v) is 4.76. The minimum absolute atomic E-state index is 0.240. The quantitative estimate of drug-likeness (QED) is 0.915. The second-order valence-corrected chi connectivity index (χ2v) is 8.34. The van der Waals surface area contributed by atoms with Crippen molar-refractivity contribution in [3.8, 4) is 0 Å². The summed E-state index contributed by atoms with van der Waals surface area (Å²) in [5.74, 6) is -0.240. The van der Waals surface area contributed by atoms with E-state index in [9.17, 15) is 13.2 Å². The Labute approximate surface area is 117 Å². The van der Waals surface area contributed by atoms with Crippen LogP contribution in [0.4, 0.5) is 5.13 Å². The van der Waals surface area contributed by atoms with Crippen molar-refractivity contribution in [2.75, 3.05) is 17.6 Å². The van der Waals surface area contributed by atoms with Gasteiger partial charge in [0, 0.05) is 12.6 Å². The summed E-state index contributed by atoms with van der Waals surface area (Å²) in [6, 6.07) is 0. The number of nitrogens with one attached hydrogen (secondary N) is 1. The number of sulfonamides is 1. The Kier molecular flexibility index (Phi) is 4.26. The van der Waals surface area contributed by atoms with Crippen molar-refractivity contribution in [1.82, 2.24) is 10.3 Å². The highest BCUT2D eigenvalue weighted by atomic mass is 32.2. The zero-order valence-electron chi connectivity index (χ0n) is 11.9. The van der Waals surface area contributed by atoms with Gasteiger partial charge in [0.1, 0.15) is 4.88 Å². The van der Waals surface area contributed by atoms with Crippen LogP contribution < -0.4 is 9.62 Å². The van der Waals surface area contributed by atoms with Crippen molar-refractivity contribution in [3.05, 3.63) is 10.6 Å². The average Bonchev–Trinajstić information content (AvgIpc) is 2.55. The lowest BCUT2D eigenvalue weighted by molar-refractivity contribution is 0.0923. The van der Waals surface area contributed by atoms with Crippen LogP contribution in [0.15, 0.2) is 0 Å². The number of amides is 1. The van der Waals surface area contributed by atoms with Gasteiger partial charge in [0.05, 0.1) is 11.9 Å². The molecule has 0 fully saturated rings. The lowest BCUT2D eigenvalue weighted by atomic mass is 10.1. The van der Waals surface area contributed by atoms with Crippen molar-refractivity contribution in [3.63, 3.8) is 0 Å². The van der Waals surface area contributed by atoms with Crippen LogP contribution in [-0.4, -0.2) is 38.2 Å². The molecule has 0 aliphatic carbocycles. The Bertz CT molecular complexity index is 585. The molecular formula is C11H19N3O3S2. The van der Waals surface area contributed by atoms with Crippen molar-refractivity contribution < 1.29 is 13.2 Å². The molecule has 1 heterocycles. The number of aromatic nitrogens is 1. The molecule has 1 amide bonds. The predicted molar refractivity (Wildman–Crippen MR) is 77.3 cm³/mol. The summed E-state index contributed by atoms with van der Waals surface area (Å²) in [7, 11) is -1.95. The Hall–Kier alpha value is -1.15. The summed E-state index contributed by atoms with van der Waals surface area (Å²) in [4.78, 5) is 16.6. The SMILES string of the molecule is Cc1nc(N(C)S(C)(=O)=O)sc1C(=O)NC(C)(C)C. The summed E-state index contributed by atoms with van der Waals surface area (Å²) >= 11 is 1.07. The molecule has 6 nitrogen and oxygen atoms in total. The normalized spacial score (nSPS) is 12.3. The van der Waals surface area contributed by atoms with E-state index in [-0.39, 0.29) is 11.4 Å². The first-order valence-corrected chi connectivity index (χ1v) is 8.32. The monoisotopic (exact) mass is 305 g/mol. The molecule has 1 aromatic heterocycles. The molecule has 19 heavy (non-hydrogen) atoms. The molecule has 1 aromatic rings. The Morgan fingerprint density at radius 3 is 2.32 bits per heavy atom. The molecule has 1 rings (SSSR count). The molecule has 0 aliphatic heterocycles. The fourth-order valence-electron chi connectivity index (χ4n) is 1.27. The summed E-state index contributed by atoms with van der Waals surface area (Å²) in [6.07, 6.45) is 1.10. The average molecular weight is 305 g/mol. The summed E-state index contributed by atoms with van der Waals surface area (Å²) in [5.41, 5.74) is 0.174. The number of hydrogen-bond donors (Lipinski definition) is 1. The topological polar surface area (TPSA) is 79.4 Å². The maximum atomic E-state index is 12.1. The minimum atomic E-state index is -3.37. The van der Waals surface area contributed by atoms with Gasteiger partial charge in [-0.1, -0.05) is 11.3 Å². The lowest BCUT2D eigenvalue weighted by Gasteiger charge is -2.19. The van der Waals surface area contributed by atoms with Crippen LogP contribution in [0.25, 0.3) is 0 Å². The molecule has 0 bridgehead atoms. The van der Waals surface area contributed by atoms with E-state index >= 15 is 0 Å². The van der Waals surface area contributed by atoms with E-state index in [0.717, 1.165) is 21.9 Å². The van der Waals surface area contributed by atoms with E-state index < -0.39 is 10.0 Å². The maximum absolute atomic E-state index is 12.1. The molecule has 0 saturated carbocycles. The maximum Gasteiger partial charge on any atom is 0.263 e. The number of carbonyl (C=O) groups is 1. The van der Waals surface area contributed by atoms with E-state index in [1.165, 1.54) is 7.05 Å². The van der Waals surface area contributed by atoms with Gasteiger partial charge in [-0.3, -0.25) is 4.79 Å². The standard InChI is InChI=1S/C11H19N3O3S2/c1-7-8(9(15)13-11(2,3)4)18-10(12-7)14(5)19(6,16)17/h1-6H3,(H,13,15). The van der Waals surface area contributed by atoms with Crippen LogP contribution in [0, 0.1) is 6.92 Å². The van der Waals surface area contributed by atoms with Crippen LogP contribution in [0.1, 0.15) is 36.1 Å². The van der Waals surface area contributed by atoms with Gasteiger partial charge in [-0.05, 0) is 27.7 Å². The van der Waals surface area contributed by atoms with E-state index in [0.29, 0.717) is 15.7 Å². The highest BCUT2D eigenvalue weighted by Crippen LogP contribution is 2.26. The number of carbonyl (C=O) groups excluding carboxylic acids is 1. The van der Waals surface area contributed by atoms with Crippen LogP contribution in [-0.2, 0) is 10.0 Å². The molecule has 0 aromatic carbocycles. The largest absolute Gasteiger partial charge is 0.347 e. The van der Waals surface area contributed by atoms with Crippen molar-refractivity contribution in [2.45, 2.75) is 33.2 Å². The third kappa shape index (κ3) is 4.17. The first kappa shape index (κ1) is 15.9. The zero-order valence-corrected chi connectivity index (χ0v) is 13.6. The fraction of sp³-hybridized carbons (Fsp3) is 0.636. The van der Waals surface area contributed by atoms with Gasteiger partial charge in [-0.25, -0.2) is 17.7 Å². The molecule has 0 atom stereocenters. The number of anilines is 1. The summed E-state index contributed by atoms with van der Waals surface area (Å²) in [5, 5.41) is 3.12. The second kappa shape index (κ2) is 5.09. The van der Waals surface area contributed by atoms with E-state index in [1.54, 1.807) is 6.92 Å². The van der Waals surface area contributed by atoms with Gasteiger partial charge in [-0.2, -0.15) is 0 Å². The van der Waals surface area contributed by atoms with Gasteiger partial charge < -0.3 is 5.32 Å². The van der Waals surface area contributed by atoms with Crippen LogP contribution in [0.5, 0.6) is 0 Å². The van der Waals surface area contributed by atoms with Gasteiger partial charge >= 0.3 is 0 Å². The molecule has 0 radical (unpaired) electrons. The molecule has 0 unspecified atom stereocenters. The zero-order chi connectivity index (χ0) is 15.0. The van der Waals surface area contributed by atoms with Crippen molar-refractivity contribution >= 4 is 32.4 Å². The lowest BCUT2D eigenvalue weighted by Crippen LogP contribution is -2.40. The Balaban J connectivity index is 3.07. The van der Waals surface area contributed by atoms with E-state index in [1.807, 2.05) is 20.8 Å². The molecule has 0 aliphatic rings. The van der Waals surface area contributed by atoms with Crippen molar-refractivity contribution in [2.24, 2.45) is 0 Å². The van der Waals surface area contributed by atoms with Crippen LogP contribution in [0.2, 0.25) is 0 Å². The molecule has 1 N–H and O–H groups in total. The predicted octanol–water partition coefficient (Wildman–Crippen LogP) is 1.38. The molecule has 0 saturated heterocycles. The van der Waals surface area contributed by atoms with Gasteiger partial charge in [0.25, 0.3) is 5.91 Å². The summed E-state index contributed by atoms with van der Waals surface area (Å²) in [6.45, 7) is 7.33. The van der Waals surface area contributed by atoms with E-state index in [4.69, 9.17) is 0 Å². The number of rotatable bonds is 3. The van der Waals surface area contributed by atoms with Gasteiger partial charge in [0.15, 0.2) is 5.13 Å². The number of thiazole rings is 1. The highest BCUT2D eigenvalue weighted by Gasteiger charge is 2.23. The highest BCUT2D eigenvalue weighted by molar-refractivity contribution is 7.92. The molecule has 108 valence electrons. The molecular weight excluding hydrogens is 286 g/mol. The number of aryl methyl sites for hydroxylation is 1. The smallest absolute Gasteiger partial charge is 0.263 e. The molecule has 8 heteroatoms. The summed E-state index contributed by atoms with van der Waals surface area (Å²) < 4.78 is 24.0. The molecule has 0 spiro atoms. The Morgan fingerprint density at radius 1 is 1.37 bits per heavy atom. The van der Waals surface area contributed by atoms with Crippen LogP contribution >= 0.6 is 11.3 Å². The van der Waals surface area contributed by atoms with Crippen LogP contribution in [0.3, 0.4) is 0 Å². The van der Waals surface area contributed by atoms with Gasteiger partial charge in [0.2, 0.25) is 10.0 Å². The van der Waals surface area contributed by atoms with Gasteiger partial charge in [-0.15, -0.1) is 0 Å². The number of hydrogen-bond acceptors (Lipinski definition) is 5. The first-order chi connectivity index (χ1) is 8.42. The minimum Gasteiger partial charge on any atom is -0.347 e. The second-order valence-electron chi connectivity index (χ2n) is 5.35. The Morgan fingerprint density at radius 2 is 1.89 bits per heavy atom.